The van der Waals surface area contributed by atoms with Gasteiger partial charge in [-0.2, -0.15) is 0 Å². The highest BCUT2D eigenvalue weighted by molar-refractivity contribution is 5.64. The molecule has 0 N–H and O–H groups in total. The Kier molecular flexibility index (Phi) is 2.90. The standard InChI is InChI=1S/C12H14O4/c1-4-5-8-6-9(13-2)11-12(10(8)14-3)16-7-15-11/h4,6H,1,5,7H2,2-3H3. The van der Waals surface area contributed by atoms with Gasteiger partial charge in [-0.3, -0.25) is 0 Å². The van der Waals surface area contributed by atoms with Gasteiger partial charge in [0.25, 0.3) is 0 Å². The minimum atomic E-state index is 0.194. The number of hydrogen-bond acceptors (Lipinski definition) is 4. The van der Waals surface area contributed by atoms with E-state index in [0.29, 0.717) is 29.4 Å². The van der Waals surface area contributed by atoms with Crippen molar-refractivity contribution >= 4 is 0 Å². The van der Waals surface area contributed by atoms with Gasteiger partial charge in [-0.15, -0.1) is 6.58 Å². The summed E-state index contributed by atoms with van der Waals surface area (Å²) < 4.78 is 21.3. The van der Waals surface area contributed by atoms with Gasteiger partial charge in [-0.1, -0.05) is 6.08 Å². The van der Waals surface area contributed by atoms with Gasteiger partial charge in [-0.25, -0.2) is 0 Å². The fraction of sp³-hybridized carbons (Fsp3) is 0.333. The topological polar surface area (TPSA) is 36.9 Å². The van der Waals surface area contributed by atoms with Crippen LogP contribution in [-0.2, 0) is 6.42 Å². The highest BCUT2D eigenvalue weighted by atomic mass is 16.7. The second kappa shape index (κ2) is 4.35. The molecule has 0 saturated heterocycles. The van der Waals surface area contributed by atoms with Crippen LogP contribution in [0, 0.1) is 0 Å². The van der Waals surface area contributed by atoms with Crippen LogP contribution in [0.1, 0.15) is 5.56 Å². The molecule has 0 bridgehead atoms. The highest BCUT2D eigenvalue weighted by Crippen LogP contribution is 2.49. The Hall–Kier alpha value is -1.84. The third-order valence-corrected chi connectivity index (χ3v) is 2.43. The lowest BCUT2D eigenvalue weighted by Gasteiger charge is -2.12. The molecule has 0 saturated carbocycles. The average Bonchev–Trinajstić information content (AvgIpc) is 2.77. The molecule has 0 aliphatic carbocycles. The van der Waals surface area contributed by atoms with Crippen LogP contribution in [0.5, 0.6) is 23.0 Å². The summed E-state index contributed by atoms with van der Waals surface area (Å²) in [7, 11) is 3.21. The van der Waals surface area contributed by atoms with Gasteiger partial charge >= 0.3 is 0 Å². The van der Waals surface area contributed by atoms with Gasteiger partial charge < -0.3 is 18.9 Å². The summed E-state index contributed by atoms with van der Waals surface area (Å²) in [6.07, 6.45) is 2.50. The van der Waals surface area contributed by atoms with Crippen LogP contribution >= 0.6 is 0 Å². The van der Waals surface area contributed by atoms with E-state index in [0.717, 1.165) is 5.56 Å². The first kappa shape index (κ1) is 10.7. The molecule has 1 aromatic rings. The van der Waals surface area contributed by atoms with Crippen molar-refractivity contribution in [2.75, 3.05) is 21.0 Å². The third-order valence-electron chi connectivity index (χ3n) is 2.43. The second-order valence-corrected chi connectivity index (χ2v) is 3.33. The van der Waals surface area contributed by atoms with Crippen molar-refractivity contribution in [3.05, 3.63) is 24.3 Å². The summed E-state index contributed by atoms with van der Waals surface area (Å²) in [5.41, 5.74) is 0.971. The summed E-state index contributed by atoms with van der Waals surface area (Å²) in [6, 6.07) is 1.88. The maximum atomic E-state index is 5.39. The molecule has 0 fully saturated rings. The molecule has 4 nitrogen and oxygen atoms in total. The van der Waals surface area contributed by atoms with Gasteiger partial charge in [-0.05, 0) is 12.5 Å². The first-order valence-corrected chi connectivity index (χ1v) is 4.96. The summed E-state index contributed by atoms with van der Waals surface area (Å²) in [6.45, 7) is 3.91. The lowest BCUT2D eigenvalue weighted by molar-refractivity contribution is 0.168. The largest absolute Gasteiger partial charge is 0.493 e. The fourth-order valence-corrected chi connectivity index (χ4v) is 1.75. The van der Waals surface area contributed by atoms with Gasteiger partial charge in [0.1, 0.15) is 0 Å². The second-order valence-electron chi connectivity index (χ2n) is 3.33. The molecular formula is C12H14O4. The zero-order chi connectivity index (χ0) is 11.5. The minimum absolute atomic E-state index is 0.194. The van der Waals surface area contributed by atoms with Crippen LogP contribution < -0.4 is 18.9 Å². The van der Waals surface area contributed by atoms with Crippen molar-refractivity contribution in [1.29, 1.82) is 0 Å². The molecular weight excluding hydrogens is 208 g/mol. The molecule has 4 heteroatoms. The average molecular weight is 222 g/mol. The maximum absolute atomic E-state index is 5.39. The minimum Gasteiger partial charge on any atom is -0.493 e. The Morgan fingerprint density at radius 1 is 1.31 bits per heavy atom. The molecule has 1 aromatic carbocycles. The summed E-state index contributed by atoms with van der Waals surface area (Å²) >= 11 is 0. The van der Waals surface area contributed by atoms with Crippen LogP contribution in [-0.4, -0.2) is 21.0 Å². The first-order valence-electron chi connectivity index (χ1n) is 4.96. The number of hydrogen-bond donors (Lipinski definition) is 0. The summed E-state index contributed by atoms with van der Waals surface area (Å²) in [5, 5.41) is 0. The fourth-order valence-electron chi connectivity index (χ4n) is 1.75. The van der Waals surface area contributed by atoms with Gasteiger partial charge in [0, 0.05) is 5.56 Å². The van der Waals surface area contributed by atoms with Crippen LogP contribution in [0.25, 0.3) is 0 Å². The molecule has 0 atom stereocenters. The molecule has 0 radical (unpaired) electrons. The Bertz CT molecular complexity index is 412. The molecule has 1 heterocycles. The van der Waals surface area contributed by atoms with E-state index in [1.165, 1.54) is 0 Å². The monoisotopic (exact) mass is 222 g/mol. The molecule has 0 aromatic heterocycles. The van der Waals surface area contributed by atoms with Crippen LogP contribution in [0.2, 0.25) is 0 Å². The molecule has 2 rings (SSSR count). The zero-order valence-electron chi connectivity index (χ0n) is 9.41. The van der Waals surface area contributed by atoms with E-state index in [9.17, 15) is 0 Å². The maximum Gasteiger partial charge on any atom is 0.231 e. The Morgan fingerprint density at radius 2 is 2.06 bits per heavy atom. The van der Waals surface area contributed by atoms with E-state index in [2.05, 4.69) is 6.58 Å². The number of ether oxygens (including phenoxy) is 4. The molecule has 0 unspecified atom stereocenters. The lowest BCUT2D eigenvalue weighted by Crippen LogP contribution is -1.95. The third kappa shape index (κ3) is 1.56. The van der Waals surface area contributed by atoms with Crippen LogP contribution in [0.3, 0.4) is 0 Å². The Morgan fingerprint density at radius 3 is 2.69 bits per heavy atom. The molecule has 0 amide bonds. The Balaban J connectivity index is 2.58. The van der Waals surface area contributed by atoms with Gasteiger partial charge in [0.05, 0.1) is 14.2 Å². The quantitative estimate of drug-likeness (QED) is 0.731. The number of methoxy groups -OCH3 is 2. The predicted molar refractivity (Wildman–Crippen MR) is 59.6 cm³/mol. The summed E-state index contributed by atoms with van der Waals surface area (Å²) in [5.74, 6) is 2.56. The van der Waals surface area contributed by atoms with E-state index in [1.807, 2.05) is 6.07 Å². The van der Waals surface area contributed by atoms with E-state index in [-0.39, 0.29) is 6.79 Å². The van der Waals surface area contributed by atoms with Crippen molar-refractivity contribution in [3.8, 4) is 23.0 Å². The lowest BCUT2D eigenvalue weighted by atomic mass is 10.1. The van der Waals surface area contributed by atoms with Crippen molar-refractivity contribution in [2.24, 2.45) is 0 Å². The SMILES string of the molecule is C=CCc1cc(OC)c2c(c1OC)OCO2. The number of rotatable bonds is 4. The van der Waals surface area contributed by atoms with Crippen LogP contribution in [0.4, 0.5) is 0 Å². The van der Waals surface area contributed by atoms with E-state index < -0.39 is 0 Å². The first-order chi connectivity index (χ1) is 7.81. The van der Waals surface area contributed by atoms with Crippen molar-refractivity contribution in [3.63, 3.8) is 0 Å². The van der Waals surface area contributed by atoms with Crippen LogP contribution in [0.15, 0.2) is 18.7 Å². The van der Waals surface area contributed by atoms with Crippen molar-refractivity contribution in [1.82, 2.24) is 0 Å². The molecule has 86 valence electrons. The molecule has 1 aliphatic rings. The molecule has 1 aliphatic heterocycles. The Labute approximate surface area is 94.4 Å². The van der Waals surface area contributed by atoms with E-state index in [1.54, 1.807) is 20.3 Å². The molecule has 16 heavy (non-hydrogen) atoms. The van der Waals surface area contributed by atoms with Gasteiger partial charge in [0.15, 0.2) is 11.5 Å². The zero-order valence-corrected chi connectivity index (χ0v) is 9.41. The van der Waals surface area contributed by atoms with E-state index >= 15 is 0 Å². The smallest absolute Gasteiger partial charge is 0.231 e. The number of allylic oxidation sites excluding steroid dienone is 1. The van der Waals surface area contributed by atoms with Crippen molar-refractivity contribution in [2.45, 2.75) is 6.42 Å². The normalized spacial score (nSPS) is 12.4. The van der Waals surface area contributed by atoms with Crippen molar-refractivity contribution < 1.29 is 18.9 Å². The van der Waals surface area contributed by atoms with E-state index in [4.69, 9.17) is 18.9 Å². The molecule has 0 spiro atoms. The summed E-state index contributed by atoms with van der Waals surface area (Å²) in [4.78, 5) is 0. The number of benzene rings is 1. The predicted octanol–water partition coefficient (Wildman–Crippen LogP) is 2.16. The number of fused-ring (bicyclic) bond motifs is 1. The van der Waals surface area contributed by atoms with Gasteiger partial charge in [0.2, 0.25) is 18.3 Å². The highest BCUT2D eigenvalue weighted by Gasteiger charge is 2.26.